The van der Waals surface area contributed by atoms with Gasteiger partial charge >= 0.3 is 5.97 Å². The van der Waals surface area contributed by atoms with Crippen LogP contribution in [0.3, 0.4) is 0 Å². The van der Waals surface area contributed by atoms with E-state index in [1.54, 1.807) is 25.1 Å². The van der Waals surface area contributed by atoms with Gasteiger partial charge < -0.3 is 24.2 Å². The fraction of sp³-hybridized carbons (Fsp3) is 0.345. The van der Waals surface area contributed by atoms with Crippen LogP contribution >= 0.6 is 11.3 Å². The van der Waals surface area contributed by atoms with Gasteiger partial charge in [0.25, 0.3) is 5.56 Å². The van der Waals surface area contributed by atoms with Crippen LogP contribution < -0.4 is 29.3 Å². The maximum absolute atomic E-state index is 14.0. The lowest BCUT2D eigenvalue weighted by Gasteiger charge is -2.37. The first-order valence-corrected chi connectivity index (χ1v) is 13.6. The third kappa shape index (κ3) is 4.53. The van der Waals surface area contributed by atoms with Gasteiger partial charge in [-0.15, -0.1) is 0 Å². The van der Waals surface area contributed by atoms with Crippen LogP contribution in [0.15, 0.2) is 63.5 Å². The minimum absolute atomic E-state index is 0.0611. The Bertz CT molecular complexity index is 1620. The molecule has 5 rings (SSSR count). The summed E-state index contributed by atoms with van der Waals surface area (Å²) in [5.74, 6) is -0.163. The molecule has 10 heteroatoms. The Balaban J connectivity index is 1.68. The molecule has 1 N–H and O–H groups in total. The molecule has 1 aromatic heterocycles. The molecule has 3 heterocycles. The van der Waals surface area contributed by atoms with Crippen molar-refractivity contribution in [2.45, 2.75) is 25.8 Å². The van der Waals surface area contributed by atoms with Crippen LogP contribution in [-0.4, -0.2) is 56.2 Å². The van der Waals surface area contributed by atoms with Crippen molar-refractivity contribution >= 4 is 29.1 Å². The van der Waals surface area contributed by atoms with Crippen LogP contribution in [0.4, 0.5) is 5.69 Å². The number of rotatable bonds is 7. The van der Waals surface area contributed by atoms with E-state index in [0.29, 0.717) is 51.7 Å². The second kappa shape index (κ2) is 10.7. The Kier molecular flexibility index (Phi) is 7.33. The Labute approximate surface area is 229 Å². The Morgan fingerprint density at radius 1 is 1.13 bits per heavy atom. The summed E-state index contributed by atoms with van der Waals surface area (Å²) >= 11 is 1.25. The van der Waals surface area contributed by atoms with Gasteiger partial charge in [0.2, 0.25) is 0 Å². The van der Waals surface area contributed by atoms with Crippen LogP contribution in [0.2, 0.25) is 0 Å². The fourth-order valence-corrected chi connectivity index (χ4v) is 6.57. The van der Waals surface area contributed by atoms with Gasteiger partial charge in [0.15, 0.2) is 16.3 Å². The Morgan fingerprint density at radius 3 is 2.44 bits per heavy atom. The predicted octanol–water partition coefficient (Wildman–Crippen LogP) is 2.74. The molecule has 39 heavy (non-hydrogen) atoms. The highest BCUT2D eigenvalue weighted by Crippen LogP contribution is 2.42. The summed E-state index contributed by atoms with van der Waals surface area (Å²) in [6.45, 7) is 6.66. The number of hydrogen-bond donors (Lipinski definition) is 1. The number of aromatic nitrogens is 1. The minimum atomic E-state index is -1.29. The number of aliphatic carboxylic acids is 1. The molecule has 2 aromatic carbocycles. The number of ether oxygens (including phenoxy) is 3. The second-order valence-corrected chi connectivity index (χ2v) is 10.4. The molecule has 1 unspecified atom stereocenters. The zero-order chi connectivity index (χ0) is 27.7. The van der Waals surface area contributed by atoms with Crippen molar-refractivity contribution in [2.75, 3.05) is 45.4 Å². The summed E-state index contributed by atoms with van der Waals surface area (Å²) in [5, 5.41) is 10.4. The van der Waals surface area contributed by atoms with Crippen LogP contribution in [0.1, 0.15) is 31.4 Å². The molecule has 2 aliphatic rings. The van der Waals surface area contributed by atoms with Crippen molar-refractivity contribution in [3.8, 4) is 11.5 Å². The van der Waals surface area contributed by atoms with E-state index in [-0.39, 0.29) is 11.1 Å². The number of fused-ring (bicyclic) bond motifs is 1. The predicted molar refractivity (Wildman–Crippen MR) is 150 cm³/mol. The summed E-state index contributed by atoms with van der Waals surface area (Å²) in [6.07, 6.45) is 2.15. The lowest BCUT2D eigenvalue weighted by Crippen LogP contribution is -2.52. The molecule has 9 nitrogen and oxygen atoms in total. The fourth-order valence-electron chi connectivity index (χ4n) is 5.49. The molecule has 1 saturated heterocycles. The van der Waals surface area contributed by atoms with Crippen molar-refractivity contribution < 1.29 is 24.1 Å². The van der Waals surface area contributed by atoms with E-state index in [1.165, 1.54) is 30.1 Å². The Morgan fingerprint density at radius 2 is 1.82 bits per heavy atom. The molecular weight excluding hydrogens is 518 g/mol. The SMILES string of the molecule is CCC1(c2ccc(OC)c(OC)c2)C(C(=O)O)=C(C)N=c2s/c(=C\c3ccc(N4CCOCC4)cc3)c(=O)n21. The average molecular weight is 550 g/mol. The van der Waals surface area contributed by atoms with Gasteiger partial charge in [-0.2, -0.15) is 0 Å². The lowest BCUT2D eigenvalue weighted by molar-refractivity contribution is -0.133. The largest absolute Gasteiger partial charge is 0.493 e. The molecule has 0 radical (unpaired) electrons. The van der Waals surface area contributed by atoms with Crippen molar-refractivity contribution in [3.05, 3.63) is 84.5 Å². The number of nitrogens with zero attached hydrogens (tertiary/aromatic N) is 3. The first-order valence-electron chi connectivity index (χ1n) is 12.8. The molecular formula is C29H31N3O6S. The van der Waals surface area contributed by atoms with Gasteiger partial charge in [-0.1, -0.05) is 36.5 Å². The van der Waals surface area contributed by atoms with Gasteiger partial charge in [-0.05, 0) is 54.8 Å². The van der Waals surface area contributed by atoms with Crippen molar-refractivity contribution in [1.29, 1.82) is 0 Å². The quantitative estimate of drug-likeness (QED) is 0.484. The second-order valence-electron chi connectivity index (χ2n) is 9.39. The van der Waals surface area contributed by atoms with Crippen molar-refractivity contribution in [3.63, 3.8) is 0 Å². The average Bonchev–Trinajstić information content (AvgIpc) is 3.26. The summed E-state index contributed by atoms with van der Waals surface area (Å²) < 4.78 is 18.4. The van der Waals surface area contributed by atoms with Gasteiger partial charge in [0.1, 0.15) is 5.54 Å². The molecule has 0 spiro atoms. The van der Waals surface area contributed by atoms with E-state index in [4.69, 9.17) is 14.2 Å². The number of morpholine rings is 1. The molecule has 0 saturated carbocycles. The molecule has 2 aliphatic heterocycles. The van der Waals surface area contributed by atoms with E-state index in [1.807, 2.05) is 37.3 Å². The summed E-state index contributed by atoms with van der Waals surface area (Å²) in [7, 11) is 3.06. The topological polar surface area (TPSA) is 103 Å². The monoisotopic (exact) mass is 549 g/mol. The molecule has 1 fully saturated rings. The summed E-state index contributed by atoms with van der Waals surface area (Å²) in [5.41, 5.74) is 1.44. The number of thiazole rings is 1. The number of allylic oxidation sites excluding steroid dienone is 1. The van der Waals surface area contributed by atoms with E-state index in [2.05, 4.69) is 9.89 Å². The maximum atomic E-state index is 14.0. The van der Waals surface area contributed by atoms with E-state index in [9.17, 15) is 14.7 Å². The van der Waals surface area contributed by atoms with Crippen LogP contribution in [0.5, 0.6) is 11.5 Å². The first-order chi connectivity index (χ1) is 18.8. The number of anilines is 1. The molecule has 0 bridgehead atoms. The first kappa shape index (κ1) is 26.7. The molecule has 1 atom stereocenters. The lowest BCUT2D eigenvalue weighted by atomic mass is 9.78. The van der Waals surface area contributed by atoms with Gasteiger partial charge in [0.05, 0.1) is 43.2 Å². The van der Waals surface area contributed by atoms with Gasteiger partial charge in [-0.25, -0.2) is 9.79 Å². The number of carboxylic acids is 1. The molecule has 0 aliphatic carbocycles. The highest BCUT2D eigenvalue weighted by atomic mass is 32.1. The smallest absolute Gasteiger partial charge is 0.336 e. The number of methoxy groups -OCH3 is 2. The highest BCUT2D eigenvalue weighted by Gasteiger charge is 2.46. The van der Waals surface area contributed by atoms with E-state index in [0.717, 1.165) is 24.3 Å². The Hall–Kier alpha value is -3.89. The third-order valence-electron chi connectivity index (χ3n) is 7.38. The van der Waals surface area contributed by atoms with Crippen LogP contribution in [0.25, 0.3) is 6.08 Å². The van der Waals surface area contributed by atoms with Gasteiger partial charge in [-0.3, -0.25) is 9.36 Å². The van der Waals surface area contributed by atoms with Crippen LogP contribution in [0, 0.1) is 0 Å². The highest BCUT2D eigenvalue weighted by molar-refractivity contribution is 7.07. The molecule has 204 valence electrons. The number of carbonyl (C=O) groups is 1. The minimum Gasteiger partial charge on any atom is -0.493 e. The zero-order valence-electron chi connectivity index (χ0n) is 22.4. The third-order valence-corrected chi connectivity index (χ3v) is 8.35. The normalized spacial score (nSPS) is 19.5. The standard InChI is InChI=1S/C29H31N3O6S/c1-5-29(20-8-11-22(36-3)23(17-20)37-4)25(27(34)35)18(2)30-28-32(29)26(33)24(39-28)16-19-6-9-21(10-7-19)31-12-14-38-15-13-31/h6-11,16-17H,5,12-15H2,1-4H3,(H,34,35)/b24-16-. The molecule has 0 amide bonds. The maximum Gasteiger partial charge on any atom is 0.336 e. The van der Waals surface area contributed by atoms with Gasteiger partial charge in [0, 0.05) is 18.8 Å². The number of benzene rings is 2. The summed E-state index contributed by atoms with van der Waals surface area (Å²) in [4.78, 5) is 34.0. The number of carboxylic acid groups (broad SMARTS) is 1. The summed E-state index contributed by atoms with van der Waals surface area (Å²) in [6, 6.07) is 13.3. The number of hydrogen-bond acceptors (Lipinski definition) is 8. The van der Waals surface area contributed by atoms with Crippen molar-refractivity contribution in [2.24, 2.45) is 4.99 Å². The zero-order valence-corrected chi connectivity index (χ0v) is 23.2. The van der Waals surface area contributed by atoms with Crippen molar-refractivity contribution in [1.82, 2.24) is 4.57 Å². The van der Waals surface area contributed by atoms with Crippen LogP contribution in [-0.2, 0) is 15.1 Å². The van der Waals surface area contributed by atoms with E-state index >= 15 is 0 Å². The molecule has 3 aromatic rings. The van der Waals surface area contributed by atoms with E-state index < -0.39 is 11.5 Å².